The predicted octanol–water partition coefficient (Wildman–Crippen LogP) is 3.99. The van der Waals surface area contributed by atoms with Crippen LogP contribution in [0.3, 0.4) is 0 Å². The number of amides is 1. The molecule has 0 saturated heterocycles. The van der Waals surface area contributed by atoms with Crippen molar-refractivity contribution in [2.45, 2.75) is 31.3 Å². The van der Waals surface area contributed by atoms with Crippen LogP contribution in [0, 0.1) is 5.92 Å². The summed E-state index contributed by atoms with van der Waals surface area (Å²) < 4.78 is 27.9. The van der Waals surface area contributed by atoms with Crippen molar-refractivity contribution in [3.8, 4) is 0 Å². The van der Waals surface area contributed by atoms with Crippen molar-refractivity contribution >= 4 is 67.5 Å². The SMILES string of the molecule is CC(C)[C@H](Nc1nc(CNS(=O)(=O)c2cc(Cl)c(Cl)cc2Cl)nc2ccccc12)C(N)=O. The van der Waals surface area contributed by atoms with Gasteiger partial charge in [-0.1, -0.05) is 60.8 Å². The van der Waals surface area contributed by atoms with Gasteiger partial charge in [0, 0.05) is 5.39 Å². The molecule has 0 spiro atoms. The highest BCUT2D eigenvalue weighted by Gasteiger charge is 2.23. The Morgan fingerprint density at radius 1 is 1.06 bits per heavy atom. The van der Waals surface area contributed by atoms with E-state index in [0.717, 1.165) is 0 Å². The highest BCUT2D eigenvalue weighted by Crippen LogP contribution is 2.31. The highest BCUT2D eigenvalue weighted by atomic mass is 35.5. The zero-order chi connectivity index (χ0) is 23.6. The number of hydrogen-bond donors (Lipinski definition) is 3. The molecule has 12 heteroatoms. The quantitative estimate of drug-likeness (QED) is 0.389. The molecule has 0 aliphatic heterocycles. The van der Waals surface area contributed by atoms with Crippen LogP contribution in [0.2, 0.25) is 15.1 Å². The molecule has 1 aromatic heterocycles. The Morgan fingerprint density at radius 2 is 1.72 bits per heavy atom. The molecule has 8 nitrogen and oxygen atoms in total. The van der Waals surface area contributed by atoms with Crippen LogP contribution < -0.4 is 15.8 Å². The van der Waals surface area contributed by atoms with Gasteiger partial charge < -0.3 is 11.1 Å². The van der Waals surface area contributed by atoms with E-state index >= 15 is 0 Å². The summed E-state index contributed by atoms with van der Waals surface area (Å²) in [6.45, 7) is 3.46. The Balaban J connectivity index is 1.94. The molecule has 1 atom stereocenters. The van der Waals surface area contributed by atoms with Crippen LogP contribution in [0.25, 0.3) is 10.9 Å². The van der Waals surface area contributed by atoms with Gasteiger partial charge in [-0.05, 0) is 30.2 Å². The van der Waals surface area contributed by atoms with Crippen LogP contribution in [0.5, 0.6) is 0 Å². The number of hydrogen-bond acceptors (Lipinski definition) is 6. The number of nitrogens with one attached hydrogen (secondary N) is 2. The third-order valence-corrected chi connectivity index (χ3v) is 7.19. The maximum atomic E-state index is 12.8. The number of halogens is 3. The van der Waals surface area contributed by atoms with Crippen molar-refractivity contribution < 1.29 is 13.2 Å². The fraction of sp³-hybridized carbons (Fsp3) is 0.250. The molecule has 0 bridgehead atoms. The van der Waals surface area contributed by atoms with Crippen LogP contribution in [0.15, 0.2) is 41.3 Å². The number of nitrogens with two attached hydrogens (primary N) is 1. The molecule has 0 saturated carbocycles. The Morgan fingerprint density at radius 3 is 2.38 bits per heavy atom. The number of aromatic nitrogens is 2. The topological polar surface area (TPSA) is 127 Å². The molecule has 3 rings (SSSR count). The van der Waals surface area contributed by atoms with Gasteiger partial charge in [0.1, 0.15) is 22.6 Å². The van der Waals surface area contributed by atoms with Crippen LogP contribution in [0.1, 0.15) is 19.7 Å². The number of carbonyl (C=O) groups is 1. The van der Waals surface area contributed by atoms with Gasteiger partial charge in [-0.2, -0.15) is 0 Å². The average molecular weight is 517 g/mol. The molecular formula is C20H20Cl3N5O3S. The Kier molecular flexibility index (Phi) is 7.46. The van der Waals surface area contributed by atoms with Gasteiger partial charge in [-0.25, -0.2) is 23.1 Å². The number of anilines is 1. The molecule has 1 amide bonds. The van der Waals surface area contributed by atoms with Crippen molar-refractivity contribution in [3.63, 3.8) is 0 Å². The molecule has 32 heavy (non-hydrogen) atoms. The van der Waals surface area contributed by atoms with Crippen molar-refractivity contribution in [2.24, 2.45) is 11.7 Å². The van der Waals surface area contributed by atoms with Gasteiger partial charge in [0.05, 0.1) is 27.1 Å². The minimum Gasteiger partial charge on any atom is -0.368 e. The van der Waals surface area contributed by atoms with E-state index in [9.17, 15) is 13.2 Å². The predicted molar refractivity (Wildman–Crippen MR) is 126 cm³/mol. The minimum absolute atomic E-state index is 0.0519. The summed E-state index contributed by atoms with van der Waals surface area (Å²) in [5, 5.41) is 3.84. The lowest BCUT2D eigenvalue weighted by Gasteiger charge is -2.21. The van der Waals surface area contributed by atoms with Crippen LogP contribution in [-0.2, 0) is 21.4 Å². The number of fused-ring (bicyclic) bond motifs is 1. The molecule has 3 aromatic rings. The second-order valence-electron chi connectivity index (χ2n) is 7.30. The molecule has 0 fully saturated rings. The average Bonchev–Trinajstić information content (AvgIpc) is 2.72. The summed E-state index contributed by atoms with van der Waals surface area (Å²) in [6, 6.07) is 8.89. The second kappa shape index (κ2) is 9.76. The highest BCUT2D eigenvalue weighted by molar-refractivity contribution is 7.89. The smallest absolute Gasteiger partial charge is 0.242 e. The first-order valence-electron chi connectivity index (χ1n) is 9.45. The van der Waals surface area contributed by atoms with E-state index in [2.05, 4.69) is 20.0 Å². The fourth-order valence-electron chi connectivity index (χ4n) is 2.97. The lowest BCUT2D eigenvalue weighted by molar-refractivity contribution is -0.119. The number of para-hydroxylation sites is 1. The molecule has 0 radical (unpaired) electrons. The Bertz CT molecular complexity index is 1280. The number of rotatable bonds is 8. The molecule has 1 heterocycles. The summed E-state index contributed by atoms with van der Waals surface area (Å²) in [5.74, 6) is -0.0769. The van der Waals surface area contributed by atoms with Crippen molar-refractivity contribution in [1.29, 1.82) is 0 Å². The van der Waals surface area contributed by atoms with Gasteiger partial charge in [-0.3, -0.25) is 4.79 Å². The van der Waals surface area contributed by atoms with E-state index in [0.29, 0.717) is 16.7 Å². The fourth-order valence-corrected chi connectivity index (χ4v) is 4.95. The minimum atomic E-state index is -4.04. The zero-order valence-electron chi connectivity index (χ0n) is 17.1. The number of carbonyl (C=O) groups excluding carboxylic acids is 1. The maximum Gasteiger partial charge on any atom is 0.242 e. The second-order valence-corrected chi connectivity index (χ2v) is 10.3. The molecular weight excluding hydrogens is 497 g/mol. The van der Waals surface area contributed by atoms with Gasteiger partial charge in [0.2, 0.25) is 15.9 Å². The van der Waals surface area contributed by atoms with Crippen LogP contribution in [0.4, 0.5) is 5.82 Å². The van der Waals surface area contributed by atoms with E-state index < -0.39 is 22.0 Å². The lowest BCUT2D eigenvalue weighted by Crippen LogP contribution is -2.40. The zero-order valence-corrected chi connectivity index (χ0v) is 20.1. The normalized spacial score (nSPS) is 12.8. The van der Waals surface area contributed by atoms with Crippen LogP contribution in [-0.4, -0.2) is 30.3 Å². The first-order chi connectivity index (χ1) is 15.0. The van der Waals surface area contributed by atoms with Crippen molar-refractivity contribution in [1.82, 2.24) is 14.7 Å². The van der Waals surface area contributed by atoms with E-state index in [-0.39, 0.29) is 38.3 Å². The standard InChI is InChI=1S/C20H20Cl3N5O3S/c1-10(2)18(19(24)29)28-20-11-5-3-4-6-15(11)26-17(27-20)9-25-32(30,31)16-8-13(22)12(21)7-14(16)23/h3-8,10,18,25H,9H2,1-2H3,(H2,24,29)(H,26,27,28)/t18-/m0/s1. The number of benzene rings is 2. The summed E-state index contributed by atoms with van der Waals surface area (Å²) >= 11 is 17.9. The molecule has 0 aliphatic carbocycles. The van der Waals surface area contributed by atoms with Gasteiger partial charge in [-0.15, -0.1) is 0 Å². The monoisotopic (exact) mass is 515 g/mol. The van der Waals surface area contributed by atoms with Crippen molar-refractivity contribution in [2.75, 3.05) is 5.32 Å². The number of nitrogens with zero attached hydrogens (tertiary/aromatic N) is 2. The third kappa shape index (κ3) is 5.41. The Hall–Kier alpha value is -2.17. The van der Waals surface area contributed by atoms with E-state index in [4.69, 9.17) is 40.5 Å². The van der Waals surface area contributed by atoms with Gasteiger partial charge in [0.15, 0.2) is 0 Å². The molecule has 0 aliphatic rings. The number of sulfonamides is 1. The first-order valence-corrected chi connectivity index (χ1v) is 12.1. The molecule has 4 N–H and O–H groups in total. The van der Waals surface area contributed by atoms with E-state index in [1.807, 2.05) is 13.8 Å². The first kappa shape index (κ1) is 24.5. The van der Waals surface area contributed by atoms with E-state index in [1.165, 1.54) is 12.1 Å². The molecule has 2 aromatic carbocycles. The van der Waals surface area contributed by atoms with Gasteiger partial charge in [0.25, 0.3) is 0 Å². The van der Waals surface area contributed by atoms with E-state index in [1.54, 1.807) is 24.3 Å². The maximum absolute atomic E-state index is 12.8. The summed E-state index contributed by atoms with van der Waals surface area (Å²) in [4.78, 5) is 20.5. The summed E-state index contributed by atoms with van der Waals surface area (Å²) in [5.41, 5.74) is 6.08. The van der Waals surface area contributed by atoms with Crippen LogP contribution >= 0.6 is 34.8 Å². The number of primary amides is 1. The summed E-state index contributed by atoms with van der Waals surface area (Å²) in [7, 11) is -4.04. The largest absolute Gasteiger partial charge is 0.368 e. The molecule has 170 valence electrons. The van der Waals surface area contributed by atoms with Gasteiger partial charge >= 0.3 is 0 Å². The summed E-state index contributed by atoms with van der Waals surface area (Å²) in [6.07, 6.45) is 0. The lowest BCUT2D eigenvalue weighted by atomic mass is 10.0. The Labute approximate surface area is 200 Å². The van der Waals surface area contributed by atoms with Crippen molar-refractivity contribution in [3.05, 3.63) is 57.3 Å². The molecule has 0 unspecified atom stereocenters. The third-order valence-electron chi connectivity index (χ3n) is 4.60.